The Morgan fingerprint density at radius 3 is 2.36 bits per heavy atom. The highest BCUT2D eigenvalue weighted by molar-refractivity contribution is 14.1. The Balaban J connectivity index is 2.83. The molecule has 0 atom stereocenters. The van der Waals surface area contributed by atoms with Crippen molar-refractivity contribution in [1.29, 1.82) is 0 Å². The van der Waals surface area contributed by atoms with Crippen LogP contribution in [0.4, 0.5) is 0 Å². The van der Waals surface area contributed by atoms with Crippen LogP contribution >= 0.6 is 22.6 Å². The number of rotatable bonds is 3. The highest BCUT2D eigenvalue weighted by atomic mass is 127. The molecule has 1 heterocycles. The van der Waals surface area contributed by atoms with Gasteiger partial charge in [0.1, 0.15) is 9.84 Å². The van der Waals surface area contributed by atoms with E-state index in [2.05, 4.69) is 27.7 Å². The topological polar surface area (TPSA) is 52.0 Å². The second kappa shape index (κ2) is 4.18. The van der Waals surface area contributed by atoms with E-state index in [9.17, 15) is 8.42 Å². The molecule has 0 N–H and O–H groups in total. The Morgan fingerprint density at radius 2 is 2.00 bits per heavy atom. The average molecular weight is 328 g/mol. The molecule has 14 heavy (non-hydrogen) atoms. The Morgan fingerprint density at radius 1 is 1.43 bits per heavy atom. The number of aromatic nitrogens is 2. The molecule has 0 spiro atoms. The molecule has 0 amide bonds. The molecule has 0 aliphatic rings. The molecule has 80 valence electrons. The summed E-state index contributed by atoms with van der Waals surface area (Å²) < 4.78 is 24.8. The van der Waals surface area contributed by atoms with Gasteiger partial charge in [-0.3, -0.25) is 4.68 Å². The van der Waals surface area contributed by atoms with E-state index in [0.717, 1.165) is 15.0 Å². The molecule has 0 unspecified atom stereocenters. The fourth-order valence-corrected chi connectivity index (χ4v) is 2.04. The zero-order chi connectivity index (χ0) is 10.9. The van der Waals surface area contributed by atoms with Crippen molar-refractivity contribution < 1.29 is 8.42 Å². The van der Waals surface area contributed by atoms with Gasteiger partial charge >= 0.3 is 0 Å². The van der Waals surface area contributed by atoms with E-state index in [1.54, 1.807) is 4.68 Å². The minimum atomic E-state index is -2.91. The van der Waals surface area contributed by atoms with Gasteiger partial charge in [0.2, 0.25) is 0 Å². The third kappa shape index (κ3) is 2.94. The summed E-state index contributed by atoms with van der Waals surface area (Å²) in [5.41, 5.74) is 1.99. The van der Waals surface area contributed by atoms with Gasteiger partial charge in [0.25, 0.3) is 0 Å². The highest BCUT2D eigenvalue weighted by Crippen LogP contribution is 2.14. The van der Waals surface area contributed by atoms with Crippen LogP contribution in [0.3, 0.4) is 0 Å². The molecule has 1 aromatic rings. The van der Waals surface area contributed by atoms with Gasteiger partial charge in [0, 0.05) is 11.9 Å². The quantitative estimate of drug-likeness (QED) is 0.782. The molecule has 0 aliphatic heterocycles. The number of hydrogen-bond donors (Lipinski definition) is 0. The molecule has 0 radical (unpaired) electrons. The van der Waals surface area contributed by atoms with Crippen LogP contribution < -0.4 is 0 Å². The SMILES string of the molecule is Cc1nn(CCS(C)(=O)=O)c(C)c1I. The van der Waals surface area contributed by atoms with E-state index in [1.165, 1.54) is 6.26 Å². The first-order valence-corrected chi connectivity index (χ1v) is 7.32. The third-order valence-corrected chi connectivity index (χ3v) is 4.45. The lowest BCUT2D eigenvalue weighted by Crippen LogP contribution is -2.13. The molecule has 0 aromatic carbocycles. The summed E-state index contributed by atoms with van der Waals surface area (Å²) >= 11 is 2.22. The summed E-state index contributed by atoms with van der Waals surface area (Å²) in [5.74, 6) is 0.144. The minimum Gasteiger partial charge on any atom is -0.267 e. The monoisotopic (exact) mass is 328 g/mol. The van der Waals surface area contributed by atoms with Crippen molar-refractivity contribution in [3.8, 4) is 0 Å². The molecular formula is C8H13IN2O2S. The zero-order valence-corrected chi connectivity index (χ0v) is 11.4. The molecule has 0 bridgehead atoms. The predicted molar refractivity (Wildman–Crippen MR) is 64.1 cm³/mol. The molecule has 0 saturated carbocycles. The summed E-state index contributed by atoms with van der Waals surface area (Å²) in [4.78, 5) is 0. The van der Waals surface area contributed by atoms with E-state index < -0.39 is 9.84 Å². The maximum Gasteiger partial charge on any atom is 0.149 e. The summed E-state index contributed by atoms with van der Waals surface area (Å²) in [5, 5.41) is 4.26. The van der Waals surface area contributed by atoms with Crippen LogP contribution in [0, 0.1) is 17.4 Å². The lowest BCUT2D eigenvalue weighted by Gasteiger charge is -2.02. The molecule has 0 fully saturated rings. The molecule has 4 nitrogen and oxygen atoms in total. The lowest BCUT2D eigenvalue weighted by molar-refractivity contribution is 0.581. The van der Waals surface area contributed by atoms with Crippen molar-refractivity contribution >= 4 is 32.4 Å². The second-order valence-corrected chi connectivity index (χ2v) is 6.68. The summed E-state index contributed by atoms with van der Waals surface area (Å²) in [6, 6.07) is 0. The van der Waals surface area contributed by atoms with Crippen LogP contribution in [-0.2, 0) is 16.4 Å². The first-order chi connectivity index (χ1) is 6.31. The van der Waals surface area contributed by atoms with Gasteiger partial charge in [0.15, 0.2) is 0 Å². The van der Waals surface area contributed by atoms with Crippen molar-refractivity contribution in [3.63, 3.8) is 0 Å². The van der Waals surface area contributed by atoms with Gasteiger partial charge in [0.05, 0.1) is 21.6 Å². The summed E-state index contributed by atoms with van der Waals surface area (Å²) in [6.45, 7) is 4.31. The molecule has 1 aromatic heterocycles. The van der Waals surface area contributed by atoms with Gasteiger partial charge < -0.3 is 0 Å². The van der Waals surface area contributed by atoms with E-state index in [0.29, 0.717) is 6.54 Å². The fraction of sp³-hybridized carbons (Fsp3) is 0.625. The zero-order valence-electron chi connectivity index (χ0n) is 8.41. The normalized spacial score (nSPS) is 12.0. The van der Waals surface area contributed by atoms with E-state index in [-0.39, 0.29) is 5.75 Å². The van der Waals surface area contributed by atoms with Crippen molar-refractivity contribution in [1.82, 2.24) is 9.78 Å². The Bertz CT molecular complexity index is 436. The predicted octanol–water partition coefficient (Wildman–Crippen LogP) is 1.15. The van der Waals surface area contributed by atoms with Crippen LogP contribution in [0.25, 0.3) is 0 Å². The lowest BCUT2D eigenvalue weighted by atomic mass is 10.4. The van der Waals surface area contributed by atoms with Gasteiger partial charge in [-0.25, -0.2) is 8.42 Å². The van der Waals surface area contributed by atoms with E-state index in [1.807, 2.05) is 13.8 Å². The Labute approximate surface area is 97.8 Å². The van der Waals surface area contributed by atoms with Crippen LogP contribution in [0.5, 0.6) is 0 Å². The van der Waals surface area contributed by atoms with Crippen LogP contribution in [-0.4, -0.2) is 30.2 Å². The molecule has 6 heteroatoms. The van der Waals surface area contributed by atoms with E-state index in [4.69, 9.17) is 0 Å². The van der Waals surface area contributed by atoms with Gasteiger partial charge in [-0.2, -0.15) is 5.10 Å². The van der Waals surface area contributed by atoms with Crippen LogP contribution in [0.1, 0.15) is 11.4 Å². The number of aryl methyl sites for hydroxylation is 2. The number of hydrogen-bond acceptors (Lipinski definition) is 3. The van der Waals surface area contributed by atoms with Crippen molar-refractivity contribution in [2.75, 3.05) is 12.0 Å². The largest absolute Gasteiger partial charge is 0.267 e. The maximum absolute atomic E-state index is 11.0. The Hall–Kier alpha value is -0.110. The third-order valence-electron chi connectivity index (χ3n) is 1.97. The van der Waals surface area contributed by atoms with Crippen LogP contribution in [0.15, 0.2) is 0 Å². The highest BCUT2D eigenvalue weighted by Gasteiger charge is 2.10. The summed E-state index contributed by atoms with van der Waals surface area (Å²) in [7, 11) is -2.91. The summed E-state index contributed by atoms with van der Waals surface area (Å²) in [6.07, 6.45) is 1.24. The Kier molecular flexibility index (Phi) is 3.57. The van der Waals surface area contributed by atoms with Gasteiger partial charge in [-0.05, 0) is 36.4 Å². The van der Waals surface area contributed by atoms with Crippen molar-refractivity contribution in [2.45, 2.75) is 20.4 Å². The standard InChI is InChI=1S/C8H13IN2O2S/c1-6-8(9)7(2)11(10-6)4-5-14(3,12)13/h4-5H2,1-3H3. The smallest absolute Gasteiger partial charge is 0.149 e. The average Bonchev–Trinajstić information content (AvgIpc) is 2.28. The van der Waals surface area contributed by atoms with Crippen LogP contribution in [0.2, 0.25) is 0 Å². The molecule has 0 saturated heterocycles. The number of halogens is 1. The van der Waals surface area contributed by atoms with Crippen molar-refractivity contribution in [3.05, 3.63) is 15.0 Å². The first-order valence-electron chi connectivity index (χ1n) is 4.18. The molecular weight excluding hydrogens is 315 g/mol. The molecule has 0 aliphatic carbocycles. The fourth-order valence-electron chi connectivity index (χ4n) is 1.15. The van der Waals surface area contributed by atoms with Gasteiger partial charge in [-0.15, -0.1) is 0 Å². The first kappa shape index (κ1) is 12.0. The molecule has 1 rings (SSSR count). The van der Waals surface area contributed by atoms with Crippen molar-refractivity contribution in [2.24, 2.45) is 0 Å². The minimum absolute atomic E-state index is 0.144. The maximum atomic E-state index is 11.0. The van der Waals surface area contributed by atoms with Gasteiger partial charge in [-0.1, -0.05) is 0 Å². The number of sulfone groups is 1. The second-order valence-electron chi connectivity index (χ2n) is 3.34. The van der Waals surface area contributed by atoms with E-state index >= 15 is 0 Å². The number of nitrogens with zero attached hydrogens (tertiary/aromatic N) is 2.